The van der Waals surface area contributed by atoms with Crippen molar-refractivity contribution in [1.29, 1.82) is 0 Å². The lowest BCUT2D eigenvalue weighted by Crippen LogP contribution is -2.20. The summed E-state index contributed by atoms with van der Waals surface area (Å²) in [5.74, 6) is 1.12. The molecule has 0 fully saturated rings. The van der Waals surface area contributed by atoms with Gasteiger partial charge in [0, 0.05) is 12.6 Å². The van der Waals surface area contributed by atoms with Gasteiger partial charge in [-0.15, -0.1) is 0 Å². The van der Waals surface area contributed by atoms with E-state index in [-0.39, 0.29) is 0 Å². The van der Waals surface area contributed by atoms with Gasteiger partial charge in [-0.3, -0.25) is 0 Å². The Morgan fingerprint density at radius 3 is 2.28 bits per heavy atom. The van der Waals surface area contributed by atoms with E-state index in [9.17, 15) is 0 Å². The molecule has 1 aromatic heterocycles. The van der Waals surface area contributed by atoms with E-state index in [0.717, 1.165) is 25.8 Å². The van der Waals surface area contributed by atoms with Gasteiger partial charge < -0.3 is 15.4 Å². The first-order valence-corrected chi connectivity index (χ1v) is 6.53. The highest BCUT2D eigenvalue weighted by Crippen LogP contribution is 2.13. The standard InChI is InChI=1S/C12H23N5O/c1-5-8-13-10-15-11(14-9(6-2)7-3)17-12(16-10)18-4/h9H,5-8H2,1-4H3,(H2,13,14,15,16,17). The lowest BCUT2D eigenvalue weighted by atomic mass is 10.2. The zero-order valence-electron chi connectivity index (χ0n) is 11.7. The molecule has 0 atom stereocenters. The molecule has 0 bridgehead atoms. The zero-order chi connectivity index (χ0) is 13.4. The van der Waals surface area contributed by atoms with E-state index in [4.69, 9.17) is 4.74 Å². The van der Waals surface area contributed by atoms with Crippen LogP contribution in [0.15, 0.2) is 0 Å². The van der Waals surface area contributed by atoms with Crippen LogP contribution >= 0.6 is 0 Å². The van der Waals surface area contributed by atoms with Gasteiger partial charge in [0.15, 0.2) is 0 Å². The molecule has 6 heteroatoms. The van der Waals surface area contributed by atoms with Gasteiger partial charge in [-0.1, -0.05) is 20.8 Å². The van der Waals surface area contributed by atoms with Gasteiger partial charge in [0.1, 0.15) is 0 Å². The summed E-state index contributed by atoms with van der Waals surface area (Å²) in [6.45, 7) is 7.19. The lowest BCUT2D eigenvalue weighted by molar-refractivity contribution is 0.379. The molecule has 0 radical (unpaired) electrons. The van der Waals surface area contributed by atoms with E-state index in [1.165, 1.54) is 0 Å². The van der Waals surface area contributed by atoms with Crippen LogP contribution in [-0.4, -0.2) is 34.6 Å². The van der Waals surface area contributed by atoms with Crippen molar-refractivity contribution < 1.29 is 4.74 Å². The van der Waals surface area contributed by atoms with Crippen LogP contribution in [0, 0.1) is 0 Å². The fraction of sp³-hybridized carbons (Fsp3) is 0.750. The van der Waals surface area contributed by atoms with E-state index < -0.39 is 0 Å². The molecule has 2 N–H and O–H groups in total. The SMILES string of the molecule is CCCNc1nc(NC(CC)CC)nc(OC)n1. The molecule has 0 aliphatic heterocycles. The highest BCUT2D eigenvalue weighted by atomic mass is 16.5. The Morgan fingerprint density at radius 1 is 1.06 bits per heavy atom. The van der Waals surface area contributed by atoms with Gasteiger partial charge in [0.25, 0.3) is 0 Å². The van der Waals surface area contributed by atoms with Gasteiger partial charge in [0.2, 0.25) is 11.9 Å². The second kappa shape index (κ2) is 7.68. The molecular weight excluding hydrogens is 230 g/mol. The van der Waals surface area contributed by atoms with E-state index in [1.807, 2.05) is 0 Å². The maximum atomic E-state index is 5.08. The number of hydrogen-bond donors (Lipinski definition) is 2. The van der Waals surface area contributed by atoms with E-state index >= 15 is 0 Å². The minimum absolute atomic E-state index is 0.331. The molecule has 0 aliphatic carbocycles. The Kier molecular flexibility index (Phi) is 6.18. The van der Waals surface area contributed by atoms with Gasteiger partial charge in [-0.25, -0.2) is 0 Å². The third-order valence-corrected chi connectivity index (χ3v) is 2.65. The summed E-state index contributed by atoms with van der Waals surface area (Å²) in [6, 6.07) is 0.702. The molecule has 0 amide bonds. The zero-order valence-corrected chi connectivity index (χ0v) is 11.7. The minimum atomic E-state index is 0.331. The topological polar surface area (TPSA) is 72.0 Å². The first-order valence-electron chi connectivity index (χ1n) is 6.53. The predicted molar refractivity (Wildman–Crippen MR) is 73.2 cm³/mol. The van der Waals surface area contributed by atoms with Crippen molar-refractivity contribution in [2.45, 2.75) is 46.1 Å². The lowest BCUT2D eigenvalue weighted by Gasteiger charge is -2.15. The Morgan fingerprint density at radius 2 is 1.72 bits per heavy atom. The van der Waals surface area contributed by atoms with Crippen LogP contribution in [0.3, 0.4) is 0 Å². The molecule has 0 aromatic carbocycles. The molecule has 18 heavy (non-hydrogen) atoms. The second-order valence-electron chi connectivity index (χ2n) is 4.05. The second-order valence-corrected chi connectivity index (χ2v) is 4.05. The van der Waals surface area contributed by atoms with Gasteiger partial charge in [-0.05, 0) is 19.3 Å². The van der Waals surface area contributed by atoms with Crippen molar-refractivity contribution >= 4 is 11.9 Å². The molecule has 1 heterocycles. The number of anilines is 2. The van der Waals surface area contributed by atoms with Crippen molar-refractivity contribution in [3.8, 4) is 6.01 Å². The molecule has 1 rings (SSSR count). The van der Waals surface area contributed by atoms with Gasteiger partial charge in [0.05, 0.1) is 7.11 Å². The summed E-state index contributed by atoms with van der Waals surface area (Å²) < 4.78 is 5.08. The predicted octanol–water partition coefficient (Wildman–Crippen LogP) is 2.30. The van der Waals surface area contributed by atoms with Crippen molar-refractivity contribution in [3.05, 3.63) is 0 Å². The summed E-state index contributed by atoms with van der Waals surface area (Å²) >= 11 is 0. The summed E-state index contributed by atoms with van der Waals surface area (Å²) in [5, 5.41) is 6.42. The van der Waals surface area contributed by atoms with Gasteiger partial charge in [-0.2, -0.15) is 15.0 Å². The maximum Gasteiger partial charge on any atom is 0.322 e. The molecular formula is C12H23N5O. The third kappa shape index (κ3) is 4.35. The Hall–Kier alpha value is -1.59. The first-order chi connectivity index (χ1) is 8.73. The van der Waals surface area contributed by atoms with Crippen LogP contribution in [0.4, 0.5) is 11.9 Å². The van der Waals surface area contributed by atoms with E-state index in [0.29, 0.717) is 23.9 Å². The first kappa shape index (κ1) is 14.5. The minimum Gasteiger partial charge on any atom is -0.467 e. The molecule has 1 aromatic rings. The van der Waals surface area contributed by atoms with Crippen molar-refractivity contribution in [3.63, 3.8) is 0 Å². The average molecular weight is 253 g/mol. The Balaban J connectivity index is 2.82. The molecule has 102 valence electrons. The van der Waals surface area contributed by atoms with Crippen molar-refractivity contribution in [1.82, 2.24) is 15.0 Å². The number of hydrogen-bond acceptors (Lipinski definition) is 6. The van der Waals surface area contributed by atoms with Gasteiger partial charge >= 0.3 is 6.01 Å². The van der Waals surface area contributed by atoms with Crippen LogP contribution in [-0.2, 0) is 0 Å². The summed E-state index contributed by atoms with van der Waals surface area (Å²) in [6.07, 6.45) is 3.08. The highest BCUT2D eigenvalue weighted by molar-refractivity contribution is 5.36. The number of rotatable bonds is 8. The average Bonchev–Trinajstić information content (AvgIpc) is 2.42. The normalized spacial score (nSPS) is 10.5. The summed E-state index contributed by atoms with van der Waals surface area (Å²) in [7, 11) is 1.56. The summed E-state index contributed by atoms with van der Waals surface area (Å²) in [4.78, 5) is 12.7. The number of ether oxygens (including phenoxy) is 1. The fourth-order valence-electron chi connectivity index (χ4n) is 1.50. The number of aromatic nitrogens is 3. The molecule has 0 saturated heterocycles. The molecule has 0 saturated carbocycles. The summed E-state index contributed by atoms with van der Waals surface area (Å²) in [5.41, 5.74) is 0. The quantitative estimate of drug-likeness (QED) is 0.740. The van der Waals surface area contributed by atoms with Crippen molar-refractivity contribution in [2.24, 2.45) is 0 Å². The molecule has 0 aliphatic rings. The van der Waals surface area contributed by atoms with Crippen LogP contribution in [0.25, 0.3) is 0 Å². The fourth-order valence-corrected chi connectivity index (χ4v) is 1.50. The van der Waals surface area contributed by atoms with E-state index in [2.05, 4.69) is 46.4 Å². The molecule has 0 unspecified atom stereocenters. The molecule has 0 spiro atoms. The number of methoxy groups -OCH3 is 1. The Labute approximate surface area is 109 Å². The highest BCUT2D eigenvalue weighted by Gasteiger charge is 2.09. The number of nitrogens with one attached hydrogen (secondary N) is 2. The Bertz CT molecular complexity index is 354. The van der Waals surface area contributed by atoms with E-state index in [1.54, 1.807) is 7.11 Å². The third-order valence-electron chi connectivity index (χ3n) is 2.65. The molecule has 6 nitrogen and oxygen atoms in total. The largest absolute Gasteiger partial charge is 0.467 e. The van der Waals surface area contributed by atoms with Crippen molar-refractivity contribution in [2.75, 3.05) is 24.3 Å². The maximum absolute atomic E-state index is 5.08. The number of nitrogens with zero attached hydrogens (tertiary/aromatic N) is 3. The van der Waals surface area contributed by atoms with Crippen LogP contribution in [0.5, 0.6) is 6.01 Å². The monoisotopic (exact) mass is 253 g/mol. The van der Waals surface area contributed by atoms with Crippen LogP contribution < -0.4 is 15.4 Å². The van der Waals surface area contributed by atoms with Crippen LogP contribution in [0.2, 0.25) is 0 Å². The van der Waals surface area contributed by atoms with Crippen LogP contribution in [0.1, 0.15) is 40.0 Å². The smallest absolute Gasteiger partial charge is 0.322 e.